The maximum Gasteiger partial charge on any atom is 0.319 e. The lowest BCUT2D eigenvalue weighted by atomic mass is 10.1. The molecule has 0 aliphatic rings. The highest BCUT2D eigenvalue weighted by Gasteiger charge is 2.11. The number of ether oxygens (including phenoxy) is 1. The fraction of sp³-hybridized carbons (Fsp3) is 0.150. The van der Waals surface area contributed by atoms with Crippen molar-refractivity contribution >= 4 is 22.6 Å². The number of carbonyl (C=O) groups excluding carboxylic acids is 1. The molecule has 3 rings (SSSR count). The number of aromatic hydroxyl groups is 1. The topological polar surface area (TPSA) is 107 Å². The summed E-state index contributed by atoms with van der Waals surface area (Å²) in [5, 5.41) is 25.0. The highest BCUT2D eigenvalue weighted by atomic mass is 16.5. The van der Waals surface area contributed by atoms with Crippen LogP contribution in [0.25, 0.3) is 10.9 Å². The first kappa shape index (κ1) is 18.0. The molecule has 0 unspecified atom stereocenters. The molecule has 0 radical (unpaired) electrons. The van der Waals surface area contributed by atoms with Crippen LogP contribution in [0.4, 0.5) is 10.5 Å². The average molecular weight is 362 g/mol. The Labute approximate surface area is 156 Å². The molecular formula is C20H18N4O3. The van der Waals surface area contributed by atoms with Gasteiger partial charge in [-0.15, -0.1) is 0 Å². The van der Waals surface area contributed by atoms with E-state index < -0.39 is 0 Å². The number of phenolic OH excluding ortho intramolecular Hbond substituents is 1. The van der Waals surface area contributed by atoms with Crippen LogP contribution in [0, 0.1) is 18.3 Å². The molecule has 0 saturated carbocycles. The molecule has 0 spiro atoms. The van der Waals surface area contributed by atoms with Crippen molar-refractivity contribution in [3.63, 3.8) is 0 Å². The number of carbonyl (C=O) groups is 1. The summed E-state index contributed by atoms with van der Waals surface area (Å²) in [6.07, 6.45) is 1.57. The number of fused-ring (bicyclic) bond motifs is 1. The maximum atomic E-state index is 11.7. The van der Waals surface area contributed by atoms with Gasteiger partial charge in [0.05, 0.1) is 11.1 Å². The summed E-state index contributed by atoms with van der Waals surface area (Å²) in [6, 6.07) is 11.7. The van der Waals surface area contributed by atoms with Crippen molar-refractivity contribution in [1.82, 2.24) is 10.3 Å². The van der Waals surface area contributed by atoms with E-state index in [1.165, 1.54) is 6.07 Å². The van der Waals surface area contributed by atoms with Crippen molar-refractivity contribution in [3.05, 3.63) is 53.7 Å². The maximum absolute atomic E-state index is 11.7. The molecule has 136 valence electrons. The van der Waals surface area contributed by atoms with Crippen LogP contribution in [-0.2, 0) is 0 Å². The van der Waals surface area contributed by atoms with Crippen molar-refractivity contribution in [2.24, 2.45) is 0 Å². The van der Waals surface area contributed by atoms with Gasteiger partial charge in [-0.05, 0) is 49.7 Å². The summed E-state index contributed by atoms with van der Waals surface area (Å²) in [5.41, 5.74) is 2.20. The molecule has 3 aromatic rings. The summed E-state index contributed by atoms with van der Waals surface area (Å²) >= 11 is 0. The average Bonchev–Trinajstić information content (AvgIpc) is 2.64. The van der Waals surface area contributed by atoms with Crippen molar-refractivity contribution in [3.8, 4) is 23.3 Å². The van der Waals surface area contributed by atoms with Gasteiger partial charge in [0, 0.05) is 29.9 Å². The predicted octanol–water partition coefficient (Wildman–Crippen LogP) is 4.05. The van der Waals surface area contributed by atoms with Gasteiger partial charge in [0.25, 0.3) is 0 Å². The fourth-order valence-corrected chi connectivity index (χ4v) is 2.63. The molecule has 0 fully saturated rings. The lowest BCUT2D eigenvalue weighted by Gasteiger charge is -2.13. The Morgan fingerprint density at radius 2 is 2.11 bits per heavy atom. The second kappa shape index (κ2) is 7.62. The van der Waals surface area contributed by atoms with Crippen LogP contribution in [0.1, 0.15) is 18.1 Å². The lowest BCUT2D eigenvalue weighted by Crippen LogP contribution is -2.28. The summed E-state index contributed by atoms with van der Waals surface area (Å²) in [4.78, 5) is 15.9. The van der Waals surface area contributed by atoms with E-state index in [-0.39, 0.29) is 17.3 Å². The van der Waals surface area contributed by atoms with Gasteiger partial charge >= 0.3 is 6.03 Å². The number of hydrogen-bond donors (Lipinski definition) is 3. The van der Waals surface area contributed by atoms with Crippen LogP contribution in [0.5, 0.6) is 17.2 Å². The molecule has 0 aliphatic carbocycles. The zero-order valence-corrected chi connectivity index (χ0v) is 14.9. The second-order valence-corrected chi connectivity index (χ2v) is 5.87. The summed E-state index contributed by atoms with van der Waals surface area (Å²) in [6.45, 7) is 4.26. The van der Waals surface area contributed by atoms with Gasteiger partial charge in [-0.3, -0.25) is 4.98 Å². The van der Waals surface area contributed by atoms with Crippen LogP contribution in [0.3, 0.4) is 0 Å². The van der Waals surface area contributed by atoms with Gasteiger partial charge in [-0.1, -0.05) is 0 Å². The van der Waals surface area contributed by atoms with E-state index in [1.807, 2.05) is 19.9 Å². The fourth-order valence-electron chi connectivity index (χ4n) is 2.63. The third-order valence-electron chi connectivity index (χ3n) is 3.95. The summed E-state index contributed by atoms with van der Waals surface area (Å²) < 4.78 is 5.96. The second-order valence-electron chi connectivity index (χ2n) is 5.87. The van der Waals surface area contributed by atoms with Crippen LogP contribution >= 0.6 is 0 Å². The molecule has 0 bridgehead atoms. The Balaban J connectivity index is 1.90. The minimum atomic E-state index is -0.266. The number of urea groups is 1. The summed E-state index contributed by atoms with van der Waals surface area (Å²) in [7, 11) is 0. The molecule has 0 atom stereocenters. The molecule has 0 aliphatic heterocycles. The molecule has 2 aromatic carbocycles. The minimum absolute atomic E-state index is 0.119. The Morgan fingerprint density at radius 1 is 1.30 bits per heavy atom. The van der Waals surface area contributed by atoms with Crippen LogP contribution < -0.4 is 15.4 Å². The van der Waals surface area contributed by atoms with Crippen LogP contribution in [0.2, 0.25) is 0 Å². The molecule has 3 N–H and O–H groups in total. The standard InChI is InChI=1S/C20H18N4O3/c1-3-22-20(26)24-16-5-4-14(8-12(16)2)27-19-6-7-23-17-10-18(25)13(11-21)9-15(17)19/h4-10,25H,3H2,1-2H3,(H2,22,24,26). The lowest BCUT2D eigenvalue weighted by molar-refractivity contribution is 0.252. The van der Waals surface area contributed by atoms with Crippen molar-refractivity contribution in [2.45, 2.75) is 13.8 Å². The third-order valence-corrected chi connectivity index (χ3v) is 3.95. The van der Waals surface area contributed by atoms with Gasteiger partial charge < -0.3 is 20.5 Å². The van der Waals surface area contributed by atoms with Gasteiger partial charge in [0.2, 0.25) is 0 Å². The van der Waals surface area contributed by atoms with Gasteiger partial charge in [-0.25, -0.2) is 4.79 Å². The molecule has 7 nitrogen and oxygen atoms in total. The largest absolute Gasteiger partial charge is 0.506 e. The van der Waals surface area contributed by atoms with E-state index >= 15 is 0 Å². The minimum Gasteiger partial charge on any atom is -0.506 e. The third kappa shape index (κ3) is 3.90. The number of anilines is 1. The predicted molar refractivity (Wildman–Crippen MR) is 102 cm³/mol. The quantitative estimate of drug-likeness (QED) is 0.649. The Kier molecular flexibility index (Phi) is 5.08. The molecule has 27 heavy (non-hydrogen) atoms. The number of amides is 2. The van der Waals surface area contributed by atoms with Crippen molar-refractivity contribution in [1.29, 1.82) is 5.26 Å². The molecule has 1 aromatic heterocycles. The van der Waals surface area contributed by atoms with Gasteiger partial charge in [0.1, 0.15) is 23.3 Å². The Morgan fingerprint density at radius 3 is 2.81 bits per heavy atom. The zero-order chi connectivity index (χ0) is 19.4. The number of phenols is 1. The number of hydrogen-bond acceptors (Lipinski definition) is 5. The van der Waals surface area contributed by atoms with E-state index in [0.717, 1.165) is 5.56 Å². The first-order valence-electron chi connectivity index (χ1n) is 8.37. The monoisotopic (exact) mass is 362 g/mol. The highest BCUT2D eigenvalue weighted by Crippen LogP contribution is 2.33. The number of benzene rings is 2. The highest BCUT2D eigenvalue weighted by molar-refractivity contribution is 5.90. The Hall–Kier alpha value is -3.79. The number of nitriles is 1. The van der Waals surface area contributed by atoms with Crippen molar-refractivity contribution in [2.75, 3.05) is 11.9 Å². The van der Waals surface area contributed by atoms with E-state index in [9.17, 15) is 9.90 Å². The Bertz CT molecular complexity index is 1060. The number of rotatable bonds is 4. The number of nitrogens with zero attached hydrogens (tertiary/aromatic N) is 2. The number of aromatic nitrogens is 1. The van der Waals surface area contributed by atoms with E-state index in [2.05, 4.69) is 15.6 Å². The summed E-state index contributed by atoms with van der Waals surface area (Å²) in [5.74, 6) is 0.972. The van der Waals surface area contributed by atoms with E-state index in [4.69, 9.17) is 10.00 Å². The van der Waals surface area contributed by atoms with E-state index in [1.54, 1.807) is 36.5 Å². The first-order valence-corrected chi connectivity index (χ1v) is 8.37. The number of nitrogens with one attached hydrogen (secondary N) is 2. The zero-order valence-electron chi connectivity index (χ0n) is 14.9. The SMILES string of the molecule is CCNC(=O)Nc1ccc(Oc2ccnc3cc(O)c(C#N)cc23)cc1C. The number of aryl methyl sites for hydroxylation is 1. The van der Waals surface area contributed by atoms with Crippen LogP contribution in [0.15, 0.2) is 42.6 Å². The normalized spacial score (nSPS) is 10.3. The van der Waals surface area contributed by atoms with Gasteiger partial charge in [0.15, 0.2) is 0 Å². The van der Waals surface area contributed by atoms with Crippen molar-refractivity contribution < 1.29 is 14.6 Å². The smallest absolute Gasteiger partial charge is 0.319 e. The van der Waals surface area contributed by atoms with E-state index in [0.29, 0.717) is 34.6 Å². The van der Waals surface area contributed by atoms with Gasteiger partial charge in [-0.2, -0.15) is 5.26 Å². The van der Waals surface area contributed by atoms with Crippen LogP contribution in [-0.4, -0.2) is 22.7 Å². The molecule has 0 saturated heterocycles. The first-order chi connectivity index (χ1) is 13.0. The molecule has 7 heteroatoms. The molecule has 1 heterocycles. The number of pyridine rings is 1. The molecule has 2 amide bonds. The molecular weight excluding hydrogens is 344 g/mol.